The van der Waals surface area contributed by atoms with Crippen LogP contribution in [-0.4, -0.2) is 51.8 Å². The van der Waals surface area contributed by atoms with Gasteiger partial charge in [-0.3, -0.25) is 0 Å². The lowest BCUT2D eigenvalue weighted by Gasteiger charge is -2.21. The maximum Gasteiger partial charge on any atom is 0.151 e. The summed E-state index contributed by atoms with van der Waals surface area (Å²) in [5.74, 6) is 0.978. The number of aromatic hydroxyl groups is 1. The van der Waals surface area contributed by atoms with E-state index in [-0.39, 0.29) is 5.75 Å². The van der Waals surface area contributed by atoms with E-state index in [1.807, 2.05) is 43.6 Å². The van der Waals surface area contributed by atoms with Gasteiger partial charge in [-0.25, -0.2) is 4.68 Å². The van der Waals surface area contributed by atoms with Crippen molar-refractivity contribution in [3.8, 4) is 22.7 Å². The van der Waals surface area contributed by atoms with E-state index in [1.165, 1.54) is 0 Å². The van der Waals surface area contributed by atoms with Crippen LogP contribution in [-0.2, 0) is 0 Å². The monoisotopic (exact) mass is 338 g/mol. The number of anilines is 1. The Kier molecular flexibility index (Phi) is 5.25. The molecule has 7 heteroatoms. The number of phenolic OH excluding ortho intramolecular Hbond substituents is 1. The maximum atomic E-state index is 10.4. The highest BCUT2D eigenvalue weighted by Gasteiger charge is 2.11. The van der Waals surface area contributed by atoms with Crippen LogP contribution in [0.5, 0.6) is 5.75 Å². The van der Waals surface area contributed by atoms with Crippen LogP contribution in [0.1, 0.15) is 6.92 Å². The number of phenols is 1. The molecular formula is C18H22N6O. The molecule has 2 aromatic heterocycles. The van der Waals surface area contributed by atoms with Crippen molar-refractivity contribution in [1.82, 2.24) is 25.3 Å². The number of hydrogen-bond donors (Lipinski definition) is 2. The van der Waals surface area contributed by atoms with Crippen molar-refractivity contribution in [2.24, 2.45) is 0 Å². The Balaban J connectivity index is 1.82. The predicted molar refractivity (Wildman–Crippen MR) is 98.1 cm³/mol. The predicted octanol–water partition coefficient (Wildman–Crippen LogP) is 2.08. The highest BCUT2D eigenvalue weighted by Crippen LogP contribution is 2.29. The third-order valence-electron chi connectivity index (χ3n) is 4.01. The normalized spacial score (nSPS) is 10.8. The maximum absolute atomic E-state index is 10.4. The van der Waals surface area contributed by atoms with Crippen molar-refractivity contribution in [2.45, 2.75) is 6.92 Å². The smallest absolute Gasteiger partial charge is 0.151 e. The van der Waals surface area contributed by atoms with E-state index < -0.39 is 0 Å². The Bertz CT molecular complexity index is 801. The lowest BCUT2D eigenvalue weighted by Crippen LogP contribution is -2.31. The van der Waals surface area contributed by atoms with Gasteiger partial charge in [-0.1, -0.05) is 0 Å². The van der Waals surface area contributed by atoms with Crippen LogP contribution in [0.15, 0.2) is 48.8 Å². The van der Waals surface area contributed by atoms with Crippen molar-refractivity contribution in [3.63, 3.8) is 0 Å². The SMILES string of the molecule is CCN(CCNC)c1ccc(-c2ccc(-n3cccn3)cc2O)nn1. The number of likely N-dealkylation sites (N-methyl/N-ethyl adjacent to an activating group) is 2. The Morgan fingerprint density at radius 2 is 2.08 bits per heavy atom. The molecule has 0 bridgehead atoms. The second-order valence-electron chi connectivity index (χ2n) is 5.61. The Morgan fingerprint density at radius 3 is 2.68 bits per heavy atom. The van der Waals surface area contributed by atoms with Crippen LogP contribution in [0.2, 0.25) is 0 Å². The quantitative estimate of drug-likeness (QED) is 0.687. The van der Waals surface area contributed by atoms with E-state index in [0.29, 0.717) is 11.3 Å². The molecule has 0 aliphatic rings. The highest BCUT2D eigenvalue weighted by atomic mass is 16.3. The zero-order chi connectivity index (χ0) is 17.6. The standard InChI is InChI=1S/C18H22N6O/c1-3-23(12-10-19-2)18-8-7-16(21-22-18)15-6-5-14(13-17(15)25)24-11-4-9-20-24/h4-9,11,13,19,25H,3,10,12H2,1-2H3. The number of rotatable bonds is 7. The largest absolute Gasteiger partial charge is 0.507 e. The number of nitrogens with zero attached hydrogens (tertiary/aromatic N) is 5. The van der Waals surface area contributed by atoms with Gasteiger partial charge in [0.25, 0.3) is 0 Å². The number of nitrogens with one attached hydrogen (secondary N) is 1. The Hall–Kier alpha value is -2.93. The van der Waals surface area contributed by atoms with E-state index in [1.54, 1.807) is 16.9 Å². The molecule has 3 aromatic rings. The van der Waals surface area contributed by atoms with Gasteiger partial charge in [0.15, 0.2) is 5.82 Å². The van der Waals surface area contributed by atoms with E-state index in [0.717, 1.165) is 31.1 Å². The second-order valence-corrected chi connectivity index (χ2v) is 5.61. The summed E-state index contributed by atoms with van der Waals surface area (Å²) in [6.45, 7) is 4.70. The van der Waals surface area contributed by atoms with Gasteiger partial charge >= 0.3 is 0 Å². The zero-order valence-corrected chi connectivity index (χ0v) is 14.4. The lowest BCUT2D eigenvalue weighted by molar-refractivity contribution is 0.476. The van der Waals surface area contributed by atoms with Crippen LogP contribution >= 0.6 is 0 Å². The van der Waals surface area contributed by atoms with Crippen LogP contribution in [0.25, 0.3) is 16.9 Å². The second kappa shape index (κ2) is 7.76. The van der Waals surface area contributed by atoms with Gasteiger partial charge < -0.3 is 15.3 Å². The molecule has 0 fully saturated rings. The summed E-state index contributed by atoms with van der Waals surface area (Å²) in [5.41, 5.74) is 2.08. The third-order valence-corrected chi connectivity index (χ3v) is 4.01. The van der Waals surface area contributed by atoms with Crippen molar-refractivity contribution >= 4 is 5.82 Å². The minimum Gasteiger partial charge on any atom is -0.507 e. The summed E-state index contributed by atoms with van der Waals surface area (Å²) < 4.78 is 1.69. The fourth-order valence-corrected chi connectivity index (χ4v) is 2.62. The summed E-state index contributed by atoms with van der Waals surface area (Å²) in [5, 5.41) is 26.2. The summed E-state index contributed by atoms with van der Waals surface area (Å²) in [7, 11) is 1.93. The van der Waals surface area contributed by atoms with Gasteiger partial charge in [0, 0.05) is 43.7 Å². The van der Waals surface area contributed by atoms with Crippen LogP contribution in [0.3, 0.4) is 0 Å². The highest BCUT2D eigenvalue weighted by molar-refractivity contribution is 5.68. The molecule has 0 saturated carbocycles. The molecule has 0 amide bonds. The van der Waals surface area contributed by atoms with Crippen LogP contribution in [0.4, 0.5) is 5.82 Å². The van der Waals surface area contributed by atoms with Crippen LogP contribution in [0, 0.1) is 0 Å². The van der Waals surface area contributed by atoms with Gasteiger partial charge in [-0.2, -0.15) is 5.10 Å². The molecule has 0 saturated heterocycles. The molecular weight excluding hydrogens is 316 g/mol. The minimum absolute atomic E-state index is 0.151. The van der Waals surface area contributed by atoms with E-state index >= 15 is 0 Å². The first kappa shape index (κ1) is 16.9. The average Bonchev–Trinajstić information content (AvgIpc) is 3.18. The van der Waals surface area contributed by atoms with Crippen molar-refractivity contribution in [1.29, 1.82) is 0 Å². The summed E-state index contributed by atoms with van der Waals surface area (Å²) in [4.78, 5) is 2.15. The topological polar surface area (TPSA) is 79.1 Å². The molecule has 0 spiro atoms. The molecule has 2 heterocycles. The van der Waals surface area contributed by atoms with E-state index in [2.05, 4.69) is 32.4 Å². The molecule has 3 rings (SSSR count). The summed E-state index contributed by atoms with van der Waals surface area (Å²) >= 11 is 0. The molecule has 0 aliphatic heterocycles. The van der Waals surface area contributed by atoms with Crippen molar-refractivity contribution in [3.05, 3.63) is 48.8 Å². The van der Waals surface area contributed by atoms with E-state index in [4.69, 9.17) is 0 Å². The fourth-order valence-electron chi connectivity index (χ4n) is 2.62. The molecule has 0 atom stereocenters. The number of benzene rings is 1. The molecule has 2 N–H and O–H groups in total. The van der Waals surface area contributed by atoms with Gasteiger partial charge in [0.2, 0.25) is 0 Å². The lowest BCUT2D eigenvalue weighted by atomic mass is 10.1. The van der Waals surface area contributed by atoms with Gasteiger partial charge in [0.1, 0.15) is 5.75 Å². The van der Waals surface area contributed by atoms with Crippen molar-refractivity contribution in [2.75, 3.05) is 31.6 Å². The van der Waals surface area contributed by atoms with Gasteiger partial charge in [0.05, 0.1) is 11.4 Å². The molecule has 0 radical (unpaired) electrons. The summed E-state index contributed by atoms with van der Waals surface area (Å²) in [6, 6.07) is 11.0. The van der Waals surface area contributed by atoms with E-state index in [9.17, 15) is 5.11 Å². The molecule has 7 nitrogen and oxygen atoms in total. The third kappa shape index (κ3) is 3.77. The first-order valence-corrected chi connectivity index (χ1v) is 8.29. The molecule has 1 aromatic carbocycles. The molecule has 25 heavy (non-hydrogen) atoms. The molecule has 0 unspecified atom stereocenters. The van der Waals surface area contributed by atoms with Crippen LogP contribution < -0.4 is 10.2 Å². The number of aromatic nitrogens is 4. The fraction of sp³-hybridized carbons (Fsp3) is 0.278. The zero-order valence-electron chi connectivity index (χ0n) is 14.4. The minimum atomic E-state index is 0.151. The molecule has 0 aliphatic carbocycles. The van der Waals surface area contributed by atoms with Gasteiger partial charge in [-0.05, 0) is 44.3 Å². The first-order valence-electron chi connectivity index (χ1n) is 8.29. The number of hydrogen-bond acceptors (Lipinski definition) is 6. The average molecular weight is 338 g/mol. The Morgan fingerprint density at radius 1 is 1.20 bits per heavy atom. The van der Waals surface area contributed by atoms with Crippen molar-refractivity contribution < 1.29 is 5.11 Å². The van der Waals surface area contributed by atoms with Gasteiger partial charge in [-0.15, -0.1) is 10.2 Å². The first-order chi connectivity index (χ1) is 12.2. The summed E-state index contributed by atoms with van der Waals surface area (Å²) in [6.07, 6.45) is 3.52. The Labute approximate surface area is 146 Å². The molecule has 130 valence electrons.